The fourth-order valence-corrected chi connectivity index (χ4v) is 2.86. The molecule has 2 aromatic carbocycles. The first-order chi connectivity index (χ1) is 13.8. The molecule has 9 heteroatoms. The second-order valence-corrected chi connectivity index (χ2v) is 6.47. The van der Waals surface area contributed by atoms with E-state index in [9.17, 15) is 29.8 Å². The zero-order chi connectivity index (χ0) is 21.4. The third-order valence-corrected chi connectivity index (χ3v) is 4.39. The number of unbranched alkanes of at least 4 members (excludes halogenated alkanes) is 1. The summed E-state index contributed by atoms with van der Waals surface area (Å²) in [4.78, 5) is 46.0. The topological polar surface area (TPSA) is 132 Å². The molecule has 2 rings (SSSR count). The van der Waals surface area contributed by atoms with E-state index in [0.717, 1.165) is 6.42 Å². The van der Waals surface area contributed by atoms with Crippen molar-refractivity contribution in [3.8, 4) is 0 Å². The molecule has 1 unspecified atom stereocenters. The third kappa shape index (κ3) is 5.93. The number of para-hydroxylation sites is 1. The summed E-state index contributed by atoms with van der Waals surface area (Å²) in [5, 5.41) is 24.9. The van der Waals surface area contributed by atoms with Gasteiger partial charge in [-0.15, -0.1) is 0 Å². The van der Waals surface area contributed by atoms with Gasteiger partial charge < -0.3 is 5.32 Å². The normalized spacial score (nSPS) is 11.5. The summed E-state index contributed by atoms with van der Waals surface area (Å²) in [7, 11) is 0. The van der Waals surface area contributed by atoms with Gasteiger partial charge in [-0.2, -0.15) is 0 Å². The third-order valence-electron chi connectivity index (χ3n) is 4.39. The summed E-state index contributed by atoms with van der Waals surface area (Å²) in [6, 6.07) is 10.1. The van der Waals surface area contributed by atoms with Crippen molar-refractivity contribution in [1.29, 1.82) is 0 Å². The highest BCUT2D eigenvalue weighted by Crippen LogP contribution is 2.28. The van der Waals surface area contributed by atoms with E-state index in [1.165, 1.54) is 42.5 Å². The van der Waals surface area contributed by atoms with Crippen LogP contribution in [0.1, 0.15) is 54.6 Å². The maximum atomic E-state index is 12.7. The zero-order valence-electron chi connectivity index (χ0n) is 15.9. The number of carbonyl (C=O) groups is 2. The van der Waals surface area contributed by atoms with Crippen LogP contribution in [0.25, 0.3) is 0 Å². The molecule has 1 N–H and O–H groups in total. The lowest BCUT2D eigenvalue weighted by Gasteiger charge is -2.19. The van der Waals surface area contributed by atoms with E-state index in [1.807, 2.05) is 6.92 Å². The van der Waals surface area contributed by atoms with Gasteiger partial charge in [0.05, 0.1) is 21.5 Å². The van der Waals surface area contributed by atoms with E-state index >= 15 is 0 Å². The molecule has 1 amide bonds. The van der Waals surface area contributed by atoms with Gasteiger partial charge in [0.2, 0.25) is 5.91 Å². The van der Waals surface area contributed by atoms with Crippen molar-refractivity contribution in [3.05, 3.63) is 79.9 Å². The summed E-state index contributed by atoms with van der Waals surface area (Å²) < 4.78 is 0. The number of hydrogen-bond acceptors (Lipinski definition) is 6. The van der Waals surface area contributed by atoms with E-state index in [-0.39, 0.29) is 47.0 Å². The molecular formula is C20H21N3O6. The fraction of sp³-hybridized carbons (Fsp3) is 0.300. The summed E-state index contributed by atoms with van der Waals surface area (Å²) >= 11 is 0. The number of benzene rings is 2. The van der Waals surface area contributed by atoms with Crippen LogP contribution in [0.3, 0.4) is 0 Å². The largest absolute Gasteiger partial charge is 0.349 e. The Labute approximate surface area is 167 Å². The van der Waals surface area contributed by atoms with E-state index in [0.29, 0.717) is 6.42 Å². The molecule has 0 fully saturated rings. The van der Waals surface area contributed by atoms with Crippen LogP contribution in [0.15, 0.2) is 48.5 Å². The number of nitrogens with one attached hydrogen (secondary N) is 1. The molecule has 1 atom stereocenters. The highest BCUT2D eigenvalue weighted by atomic mass is 16.6. The lowest BCUT2D eigenvalue weighted by atomic mass is 9.96. The Morgan fingerprint density at radius 2 is 1.66 bits per heavy atom. The maximum absolute atomic E-state index is 12.7. The van der Waals surface area contributed by atoms with Crippen LogP contribution >= 0.6 is 0 Å². The molecule has 9 nitrogen and oxygen atoms in total. The first-order valence-corrected chi connectivity index (χ1v) is 9.13. The van der Waals surface area contributed by atoms with E-state index in [1.54, 1.807) is 6.07 Å². The van der Waals surface area contributed by atoms with Gasteiger partial charge in [0.25, 0.3) is 11.4 Å². The highest BCUT2D eigenvalue weighted by molar-refractivity contribution is 5.97. The molecule has 0 aliphatic rings. The SMILES string of the molecule is CCCCC(=O)NC(CC(=O)c1ccc([N+](=O)[O-])cc1)c1ccccc1[N+](=O)[O-]. The van der Waals surface area contributed by atoms with Gasteiger partial charge in [0.1, 0.15) is 0 Å². The van der Waals surface area contributed by atoms with E-state index < -0.39 is 15.9 Å². The van der Waals surface area contributed by atoms with Crippen molar-refractivity contribution in [2.45, 2.75) is 38.6 Å². The number of amides is 1. The minimum Gasteiger partial charge on any atom is -0.349 e. The first kappa shape index (κ1) is 21.7. The molecule has 152 valence electrons. The Bertz CT molecular complexity index is 911. The summed E-state index contributed by atoms with van der Waals surface area (Å²) in [5.41, 5.74) is 0.119. The number of hydrogen-bond donors (Lipinski definition) is 1. The number of non-ortho nitro benzene ring substituents is 1. The molecule has 0 radical (unpaired) electrons. The van der Waals surface area contributed by atoms with Gasteiger partial charge in [-0.1, -0.05) is 31.5 Å². The van der Waals surface area contributed by atoms with Gasteiger partial charge in [-0.25, -0.2) is 0 Å². The predicted octanol–water partition coefficient (Wildman–Crippen LogP) is 4.12. The Kier molecular flexibility index (Phi) is 7.53. The predicted molar refractivity (Wildman–Crippen MR) is 106 cm³/mol. The van der Waals surface area contributed by atoms with Crippen LogP contribution in [0.2, 0.25) is 0 Å². The van der Waals surface area contributed by atoms with Crippen LogP contribution in [-0.4, -0.2) is 21.5 Å². The van der Waals surface area contributed by atoms with Crippen molar-refractivity contribution < 1.29 is 19.4 Å². The summed E-state index contributed by atoms with van der Waals surface area (Å²) in [6.45, 7) is 1.94. The van der Waals surface area contributed by atoms with E-state index in [4.69, 9.17) is 0 Å². The molecule has 2 aromatic rings. The van der Waals surface area contributed by atoms with Crippen LogP contribution < -0.4 is 5.32 Å². The number of carbonyl (C=O) groups excluding carboxylic acids is 2. The smallest absolute Gasteiger partial charge is 0.274 e. The van der Waals surface area contributed by atoms with Crippen molar-refractivity contribution in [3.63, 3.8) is 0 Å². The van der Waals surface area contributed by atoms with Gasteiger partial charge in [0, 0.05) is 36.6 Å². The monoisotopic (exact) mass is 399 g/mol. The molecular weight excluding hydrogens is 378 g/mol. The van der Waals surface area contributed by atoms with Crippen molar-refractivity contribution in [2.75, 3.05) is 0 Å². The minimum atomic E-state index is -0.886. The summed E-state index contributed by atoms with van der Waals surface area (Å²) in [5.74, 6) is -0.689. The van der Waals surface area contributed by atoms with Crippen LogP contribution in [0.5, 0.6) is 0 Å². The second kappa shape index (κ2) is 10.1. The van der Waals surface area contributed by atoms with Gasteiger partial charge >= 0.3 is 0 Å². The number of rotatable bonds is 10. The lowest BCUT2D eigenvalue weighted by Crippen LogP contribution is -2.30. The highest BCUT2D eigenvalue weighted by Gasteiger charge is 2.26. The van der Waals surface area contributed by atoms with Crippen LogP contribution in [-0.2, 0) is 4.79 Å². The molecule has 0 bridgehead atoms. The number of nitrogens with zero attached hydrogens (tertiary/aromatic N) is 2. The van der Waals surface area contributed by atoms with Crippen LogP contribution in [0, 0.1) is 20.2 Å². The zero-order valence-corrected chi connectivity index (χ0v) is 15.9. The average molecular weight is 399 g/mol. The number of ketones is 1. The number of nitro groups is 2. The quantitative estimate of drug-likeness (QED) is 0.363. The lowest BCUT2D eigenvalue weighted by molar-refractivity contribution is -0.385. The van der Waals surface area contributed by atoms with Gasteiger partial charge in [-0.05, 0) is 18.6 Å². The maximum Gasteiger partial charge on any atom is 0.274 e. The van der Waals surface area contributed by atoms with Crippen molar-refractivity contribution in [1.82, 2.24) is 5.32 Å². The minimum absolute atomic E-state index is 0.148. The standard InChI is InChI=1S/C20H21N3O6/c1-2-3-8-20(25)21-17(16-6-4-5-7-18(16)23(28)29)13-19(24)14-9-11-15(12-10-14)22(26)27/h4-7,9-12,17H,2-3,8,13H2,1H3,(H,21,25). The average Bonchev–Trinajstić information content (AvgIpc) is 2.71. The fourth-order valence-electron chi connectivity index (χ4n) is 2.86. The number of nitro benzene ring substituents is 2. The Morgan fingerprint density at radius 3 is 2.24 bits per heavy atom. The van der Waals surface area contributed by atoms with Crippen molar-refractivity contribution in [2.24, 2.45) is 0 Å². The molecule has 29 heavy (non-hydrogen) atoms. The first-order valence-electron chi connectivity index (χ1n) is 9.13. The number of Topliss-reactive ketones (excluding diaryl/α,β-unsaturated/α-hetero) is 1. The molecule has 0 aromatic heterocycles. The molecule has 0 saturated carbocycles. The van der Waals surface area contributed by atoms with Crippen molar-refractivity contribution >= 4 is 23.1 Å². The molecule has 0 aliphatic carbocycles. The molecule has 0 saturated heterocycles. The Balaban J connectivity index is 2.29. The van der Waals surface area contributed by atoms with Gasteiger partial charge in [-0.3, -0.25) is 29.8 Å². The molecule has 0 heterocycles. The van der Waals surface area contributed by atoms with Crippen LogP contribution in [0.4, 0.5) is 11.4 Å². The Hall–Kier alpha value is -3.62. The molecule has 0 spiro atoms. The molecule has 0 aliphatic heterocycles. The Morgan fingerprint density at radius 1 is 1.00 bits per heavy atom. The van der Waals surface area contributed by atoms with E-state index in [2.05, 4.69) is 5.32 Å². The summed E-state index contributed by atoms with van der Waals surface area (Å²) in [6.07, 6.45) is 1.51. The second-order valence-electron chi connectivity index (χ2n) is 6.47. The van der Waals surface area contributed by atoms with Gasteiger partial charge in [0.15, 0.2) is 5.78 Å².